The van der Waals surface area contributed by atoms with E-state index in [1.54, 1.807) is 32.8 Å². The van der Waals surface area contributed by atoms with Gasteiger partial charge in [-0.3, -0.25) is 29.6 Å². The van der Waals surface area contributed by atoms with Crippen molar-refractivity contribution in [2.45, 2.75) is 26.2 Å². The van der Waals surface area contributed by atoms with Gasteiger partial charge in [-0.1, -0.05) is 17.4 Å². The van der Waals surface area contributed by atoms with Crippen LogP contribution in [0.3, 0.4) is 0 Å². The Morgan fingerprint density at radius 3 is 2.76 bits per heavy atom. The molecule has 25 heavy (non-hydrogen) atoms. The van der Waals surface area contributed by atoms with Crippen LogP contribution in [0.5, 0.6) is 0 Å². The van der Waals surface area contributed by atoms with Gasteiger partial charge in [0.25, 0.3) is 5.56 Å². The molecule has 1 N–H and O–H groups in total. The number of amides is 2. The molecule has 0 aromatic carbocycles. The Balaban J connectivity index is 1.87. The molecule has 0 spiro atoms. The van der Waals surface area contributed by atoms with E-state index in [1.165, 1.54) is 11.3 Å². The van der Waals surface area contributed by atoms with Crippen molar-refractivity contribution in [2.75, 3.05) is 13.1 Å². The second kappa shape index (κ2) is 5.99. The third-order valence-electron chi connectivity index (χ3n) is 4.49. The highest BCUT2D eigenvalue weighted by atomic mass is 32.1. The average molecular weight is 358 g/mol. The number of rotatable bonds is 3. The van der Waals surface area contributed by atoms with Gasteiger partial charge in [0.15, 0.2) is 12.3 Å². The number of hydrogen-bond acceptors (Lipinski definition) is 6. The molecule has 130 valence electrons. The Labute approximate surface area is 147 Å². The van der Waals surface area contributed by atoms with Crippen molar-refractivity contribution in [3.8, 4) is 0 Å². The topological polar surface area (TPSA) is 82.8 Å². The van der Waals surface area contributed by atoms with Crippen LogP contribution in [-0.4, -0.2) is 44.6 Å². The third-order valence-corrected chi connectivity index (χ3v) is 5.47. The van der Waals surface area contributed by atoms with Crippen molar-refractivity contribution in [1.29, 1.82) is 0 Å². The van der Waals surface area contributed by atoms with E-state index in [-0.39, 0.29) is 23.9 Å². The summed E-state index contributed by atoms with van der Waals surface area (Å²) in [5.74, 6) is 0. The number of nitrogens with zero attached hydrogens (tertiary/aromatic N) is 5. The number of thiazole rings is 1. The molecular formula is C16H18N6O2S. The van der Waals surface area contributed by atoms with E-state index in [1.807, 2.05) is 26.0 Å². The smallest absolute Gasteiger partial charge is 0.300 e. The Bertz CT molecular complexity index is 982. The number of pyridine rings is 1. The molecule has 0 saturated carbocycles. The molecular weight excluding hydrogens is 340 g/mol. The summed E-state index contributed by atoms with van der Waals surface area (Å²) in [4.78, 5) is 33.7. The Kier molecular flexibility index (Phi) is 3.79. The lowest BCUT2D eigenvalue weighted by Crippen LogP contribution is -2.53. The Morgan fingerprint density at radius 1 is 1.28 bits per heavy atom. The first-order chi connectivity index (χ1) is 12.2. The molecule has 2 aromatic rings. The van der Waals surface area contributed by atoms with Crippen molar-refractivity contribution < 1.29 is 4.79 Å². The predicted molar refractivity (Wildman–Crippen MR) is 93.3 cm³/mol. The average Bonchev–Trinajstić information content (AvgIpc) is 3.09. The molecule has 4 rings (SSSR count). The van der Waals surface area contributed by atoms with E-state index in [9.17, 15) is 9.59 Å². The van der Waals surface area contributed by atoms with Crippen LogP contribution < -0.4 is 20.3 Å². The SMILES string of the molecule is CCN1C(=O)N(CC)C2C1NN=c1s/c(=C\c3cccnc3)c(=O)n12. The molecule has 2 aromatic heterocycles. The molecule has 1 fully saturated rings. The van der Waals surface area contributed by atoms with Gasteiger partial charge >= 0.3 is 6.03 Å². The minimum absolute atomic E-state index is 0.0774. The number of carbonyl (C=O) groups is 1. The fourth-order valence-corrected chi connectivity index (χ4v) is 4.30. The van der Waals surface area contributed by atoms with Gasteiger partial charge in [0, 0.05) is 25.5 Å². The minimum atomic E-state index is -0.384. The predicted octanol–water partition coefficient (Wildman–Crippen LogP) is -0.127. The summed E-state index contributed by atoms with van der Waals surface area (Å²) >= 11 is 1.31. The number of nitrogens with one attached hydrogen (secondary N) is 1. The van der Waals surface area contributed by atoms with Crippen LogP contribution in [0.4, 0.5) is 4.79 Å². The summed E-state index contributed by atoms with van der Waals surface area (Å²) in [5.41, 5.74) is 3.77. The molecule has 1 saturated heterocycles. The molecule has 8 nitrogen and oxygen atoms in total. The summed E-state index contributed by atoms with van der Waals surface area (Å²) in [5, 5.41) is 4.34. The van der Waals surface area contributed by atoms with Crippen LogP contribution in [-0.2, 0) is 0 Å². The molecule has 0 bridgehead atoms. The van der Waals surface area contributed by atoms with E-state index in [0.717, 1.165) is 5.56 Å². The molecule has 2 unspecified atom stereocenters. The van der Waals surface area contributed by atoms with Gasteiger partial charge in [0.1, 0.15) is 0 Å². The summed E-state index contributed by atoms with van der Waals surface area (Å²) in [7, 11) is 0. The molecule has 2 aliphatic rings. The van der Waals surface area contributed by atoms with Crippen molar-refractivity contribution in [3.63, 3.8) is 0 Å². The zero-order valence-electron chi connectivity index (χ0n) is 13.9. The van der Waals surface area contributed by atoms with Gasteiger partial charge in [-0.05, 0) is 31.6 Å². The van der Waals surface area contributed by atoms with E-state index in [0.29, 0.717) is 22.4 Å². The highest BCUT2D eigenvalue weighted by Crippen LogP contribution is 2.28. The standard InChI is InChI=1S/C16H18N6O2S/c1-3-20-12-13(21(4-2)16(20)24)22-14(23)11(25-15(22)19-18-12)8-10-6-5-7-17-9-10/h5-9,12-13,18H,3-4H2,1-2H3/b11-8-. The van der Waals surface area contributed by atoms with E-state index in [4.69, 9.17) is 0 Å². The van der Waals surface area contributed by atoms with Crippen LogP contribution in [0.25, 0.3) is 6.08 Å². The first-order valence-electron chi connectivity index (χ1n) is 8.19. The van der Waals surface area contributed by atoms with Crippen molar-refractivity contribution in [2.24, 2.45) is 5.10 Å². The lowest BCUT2D eigenvalue weighted by molar-refractivity contribution is 0.151. The van der Waals surface area contributed by atoms with Crippen molar-refractivity contribution >= 4 is 23.4 Å². The maximum Gasteiger partial charge on any atom is 0.323 e. The normalized spacial score (nSPS) is 22.5. The molecule has 2 aliphatic heterocycles. The first kappa shape index (κ1) is 15.8. The number of fused-ring (bicyclic) bond motifs is 3. The summed E-state index contributed by atoms with van der Waals surface area (Å²) in [6.45, 7) is 4.92. The quantitative estimate of drug-likeness (QED) is 0.829. The van der Waals surface area contributed by atoms with E-state index >= 15 is 0 Å². The maximum atomic E-state index is 13.0. The molecule has 2 atom stereocenters. The Morgan fingerprint density at radius 2 is 2.08 bits per heavy atom. The lowest BCUT2D eigenvalue weighted by atomic mass is 10.3. The second-order valence-corrected chi connectivity index (χ2v) is 6.82. The number of carbonyl (C=O) groups excluding carboxylic acids is 1. The van der Waals surface area contributed by atoms with Crippen molar-refractivity contribution in [1.82, 2.24) is 24.8 Å². The summed E-state index contributed by atoms with van der Waals surface area (Å²) < 4.78 is 2.21. The zero-order chi connectivity index (χ0) is 17.6. The highest BCUT2D eigenvalue weighted by molar-refractivity contribution is 7.07. The molecule has 9 heteroatoms. The van der Waals surface area contributed by atoms with Crippen LogP contribution in [0.1, 0.15) is 25.6 Å². The van der Waals surface area contributed by atoms with Crippen LogP contribution in [0.2, 0.25) is 0 Å². The van der Waals surface area contributed by atoms with Gasteiger partial charge in [-0.15, -0.1) is 5.10 Å². The number of hydrogen-bond donors (Lipinski definition) is 1. The van der Waals surface area contributed by atoms with Gasteiger partial charge in [-0.2, -0.15) is 0 Å². The second-order valence-electron chi connectivity index (χ2n) is 5.81. The molecule has 2 amide bonds. The van der Waals surface area contributed by atoms with Crippen LogP contribution >= 0.6 is 11.3 Å². The zero-order valence-corrected chi connectivity index (χ0v) is 14.7. The number of aromatic nitrogens is 2. The van der Waals surface area contributed by atoms with E-state index < -0.39 is 0 Å². The lowest BCUT2D eigenvalue weighted by Gasteiger charge is -2.29. The Hall–Kier alpha value is -2.68. The summed E-state index contributed by atoms with van der Waals surface area (Å²) in [6, 6.07) is 3.64. The van der Waals surface area contributed by atoms with Gasteiger partial charge < -0.3 is 0 Å². The molecule has 0 radical (unpaired) electrons. The largest absolute Gasteiger partial charge is 0.323 e. The van der Waals surface area contributed by atoms with Crippen LogP contribution in [0, 0.1) is 0 Å². The highest BCUT2D eigenvalue weighted by Gasteiger charge is 2.48. The monoisotopic (exact) mass is 358 g/mol. The maximum absolute atomic E-state index is 13.0. The van der Waals surface area contributed by atoms with Gasteiger partial charge in [0.05, 0.1) is 4.53 Å². The summed E-state index contributed by atoms with van der Waals surface area (Å²) in [6.07, 6.45) is 4.49. The van der Waals surface area contributed by atoms with Gasteiger partial charge in [-0.25, -0.2) is 4.79 Å². The van der Waals surface area contributed by atoms with Crippen molar-refractivity contribution in [3.05, 3.63) is 49.8 Å². The fourth-order valence-electron chi connectivity index (χ4n) is 3.33. The number of urea groups is 1. The fraction of sp³-hybridized carbons (Fsp3) is 0.375. The third kappa shape index (κ3) is 2.34. The van der Waals surface area contributed by atoms with Gasteiger partial charge in [0.2, 0.25) is 4.80 Å². The van der Waals surface area contributed by atoms with E-state index in [2.05, 4.69) is 15.5 Å². The van der Waals surface area contributed by atoms with Crippen LogP contribution in [0.15, 0.2) is 34.4 Å². The first-order valence-corrected chi connectivity index (χ1v) is 9.01. The molecule has 0 aliphatic carbocycles. The number of likely N-dealkylation sites (N-methyl/N-ethyl adjacent to an activating group) is 2. The molecule has 4 heterocycles. The minimum Gasteiger partial charge on any atom is -0.300 e.